The van der Waals surface area contributed by atoms with Crippen molar-refractivity contribution < 1.29 is 4.39 Å². The van der Waals surface area contributed by atoms with E-state index < -0.39 is 0 Å². The molecular formula is C14H22FN3. The highest BCUT2D eigenvalue weighted by atomic mass is 19.1. The van der Waals surface area contributed by atoms with Crippen molar-refractivity contribution in [1.29, 1.82) is 0 Å². The normalized spacial score (nSPS) is 17.5. The minimum atomic E-state index is -0.322. The van der Waals surface area contributed by atoms with Crippen LogP contribution >= 0.6 is 0 Å². The fraction of sp³-hybridized carbons (Fsp3) is 0.643. The Hall–Kier alpha value is -1.16. The highest BCUT2D eigenvalue weighted by molar-refractivity contribution is 5.46. The van der Waals surface area contributed by atoms with E-state index in [1.54, 1.807) is 0 Å². The lowest BCUT2D eigenvalue weighted by atomic mass is 10.0. The molecule has 0 bridgehead atoms. The molecular weight excluding hydrogens is 229 g/mol. The number of piperidine rings is 1. The van der Waals surface area contributed by atoms with Gasteiger partial charge in [0, 0.05) is 24.8 Å². The topological polar surface area (TPSA) is 19.4 Å². The van der Waals surface area contributed by atoms with Gasteiger partial charge in [-0.05, 0) is 45.5 Å². The van der Waals surface area contributed by atoms with Crippen molar-refractivity contribution >= 4 is 5.69 Å². The molecule has 1 aliphatic rings. The lowest BCUT2D eigenvalue weighted by molar-refractivity contribution is 0.249. The van der Waals surface area contributed by atoms with Crippen molar-refractivity contribution in [3.05, 3.63) is 23.8 Å². The number of nitrogens with zero attached hydrogens (tertiary/aromatic N) is 3. The molecule has 0 amide bonds. The number of rotatable bonds is 3. The van der Waals surface area contributed by atoms with E-state index in [9.17, 15) is 4.39 Å². The van der Waals surface area contributed by atoms with Crippen LogP contribution in [0.4, 0.5) is 10.1 Å². The summed E-state index contributed by atoms with van der Waals surface area (Å²) in [5.74, 6) is -0.322. The average Bonchev–Trinajstić information content (AvgIpc) is 2.38. The lowest BCUT2D eigenvalue weighted by Gasteiger charge is -2.36. The minimum absolute atomic E-state index is 0.322. The molecule has 1 aliphatic heterocycles. The van der Waals surface area contributed by atoms with Crippen LogP contribution in [0.3, 0.4) is 0 Å². The Bertz CT molecular complexity index is 398. The van der Waals surface area contributed by atoms with Gasteiger partial charge in [0.2, 0.25) is 5.95 Å². The van der Waals surface area contributed by atoms with E-state index in [2.05, 4.69) is 28.9 Å². The highest BCUT2D eigenvalue weighted by Gasteiger charge is 2.22. The maximum atomic E-state index is 13.9. The van der Waals surface area contributed by atoms with Crippen molar-refractivity contribution in [2.75, 3.05) is 32.1 Å². The molecule has 1 aromatic heterocycles. The van der Waals surface area contributed by atoms with Gasteiger partial charge in [0.15, 0.2) is 0 Å². The van der Waals surface area contributed by atoms with Gasteiger partial charge in [0.05, 0.1) is 5.69 Å². The van der Waals surface area contributed by atoms with Gasteiger partial charge in [-0.25, -0.2) is 4.98 Å². The molecule has 2 rings (SSSR count). The molecule has 18 heavy (non-hydrogen) atoms. The van der Waals surface area contributed by atoms with Gasteiger partial charge in [-0.1, -0.05) is 6.92 Å². The molecule has 1 saturated heterocycles. The smallest absolute Gasteiger partial charge is 0.236 e. The Morgan fingerprint density at radius 2 is 2.00 bits per heavy atom. The molecule has 4 heteroatoms. The van der Waals surface area contributed by atoms with Gasteiger partial charge < -0.3 is 9.80 Å². The summed E-state index contributed by atoms with van der Waals surface area (Å²) in [5.41, 5.74) is 1.48. The second kappa shape index (κ2) is 5.65. The highest BCUT2D eigenvalue weighted by Crippen LogP contribution is 2.23. The van der Waals surface area contributed by atoms with Gasteiger partial charge in [-0.3, -0.25) is 0 Å². The molecule has 100 valence electrons. The standard InChI is InChI=1S/C14H22FN3/c1-4-11-5-6-13(14(15)16-11)18-9-7-12(8-10-18)17(2)3/h5-6,12H,4,7-10H2,1-3H3. The summed E-state index contributed by atoms with van der Waals surface area (Å²) >= 11 is 0. The molecule has 1 fully saturated rings. The van der Waals surface area contributed by atoms with Crippen LogP contribution in [0.15, 0.2) is 12.1 Å². The molecule has 0 saturated carbocycles. The van der Waals surface area contributed by atoms with Gasteiger partial charge in [-0.2, -0.15) is 4.39 Å². The summed E-state index contributed by atoms with van der Waals surface area (Å²) in [4.78, 5) is 8.37. The quantitative estimate of drug-likeness (QED) is 0.769. The number of hydrogen-bond acceptors (Lipinski definition) is 3. The Morgan fingerprint density at radius 1 is 1.33 bits per heavy atom. The molecule has 0 atom stereocenters. The lowest BCUT2D eigenvalue weighted by Crippen LogP contribution is -2.42. The third kappa shape index (κ3) is 2.80. The second-order valence-electron chi connectivity index (χ2n) is 5.15. The van der Waals surface area contributed by atoms with E-state index in [1.165, 1.54) is 0 Å². The number of pyridine rings is 1. The molecule has 3 nitrogen and oxygen atoms in total. The first-order chi connectivity index (χ1) is 8.61. The Balaban J connectivity index is 2.05. The molecule has 0 aliphatic carbocycles. The predicted octanol–water partition coefficient (Wildman–Crippen LogP) is 2.31. The Labute approximate surface area is 109 Å². The monoisotopic (exact) mass is 251 g/mol. The zero-order valence-corrected chi connectivity index (χ0v) is 11.5. The fourth-order valence-electron chi connectivity index (χ4n) is 2.52. The van der Waals surface area contributed by atoms with Crippen LogP contribution in [-0.4, -0.2) is 43.1 Å². The van der Waals surface area contributed by atoms with E-state index >= 15 is 0 Å². The first-order valence-electron chi connectivity index (χ1n) is 6.68. The van der Waals surface area contributed by atoms with Crippen LogP contribution in [0.25, 0.3) is 0 Å². The summed E-state index contributed by atoms with van der Waals surface area (Å²) in [7, 11) is 4.22. The third-order valence-electron chi connectivity index (χ3n) is 3.78. The van der Waals surface area contributed by atoms with Crippen LogP contribution in [0.5, 0.6) is 0 Å². The zero-order valence-electron chi connectivity index (χ0n) is 11.5. The molecule has 0 radical (unpaired) electrons. The number of aromatic nitrogens is 1. The summed E-state index contributed by atoms with van der Waals surface area (Å²) in [5, 5.41) is 0. The molecule has 0 N–H and O–H groups in total. The largest absolute Gasteiger partial charge is 0.368 e. The van der Waals surface area contributed by atoms with E-state index in [-0.39, 0.29) is 5.95 Å². The number of aryl methyl sites for hydroxylation is 1. The fourth-order valence-corrected chi connectivity index (χ4v) is 2.52. The van der Waals surface area contributed by atoms with Crippen LogP contribution in [0.1, 0.15) is 25.5 Å². The van der Waals surface area contributed by atoms with Crippen LogP contribution < -0.4 is 4.90 Å². The number of hydrogen-bond donors (Lipinski definition) is 0. The van der Waals surface area contributed by atoms with Crippen molar-refractivity contribution in [2.45, 2.75) is 32.2 Å². The van der Waals surface area contributed by atoms with Crippen molar-refractivity contribution in [2.24, 2.45) is 0 Å². The van der Waals surface area contributed by atoms with Gasteiger partial charge >= 0.3 is 0 Å². The number of halogens is 1. The second-order valence-corrected chi connectivity index (χ2v) is 5.15. The third-order valence-corrected chi connectivity index (χ3v) is 3.78. The van der Waals surface area contributed by atoms with Crippen LogP contribution in [0, 0.1) is 5.95 Å². The molecule has 0 spiro atoms. The van der Waals surface area contributed by atoms with Crippen LogP contribution in [-0.2, 0) is 6.42 Å². The van der Waals surface area contributed by atoms with Crippen molar-refractivity contribution in [1.82, 2.24) is 9.88 Å². The van der Waals surface area contributed by atoms with Crippen molar-refractivity contribution in [3.63, 3.8) is 0 Å². The Kier molecular flexibility index (Phi) is 4.17. The summed E-state index contributed by atoms with van der Waals surface area (Å²) < 4.78 is 13.9. The molecule has 0 aromatic carbocycles. The van der Waals surface area contributed by atoms with Crippen molar-refractivity contribution in [3.8, 4) is 0 Å². The first-order valence-corrected chi connectivity index (χ1v) is 6.68. The number of anilines is 1. The molecule has 2 heterocycles. The maximum absolute atomic E-state index is 13.9. The van der Waals surface area contributed by atoms with Gasteiger partial charge in [0.1, 0.15) is 0 Å². The summed E-state index contributed by atoms with van der Waals surface area (Å²) in [6, 6.07) is 4.42. The predicted molar refractivity (Wildman–Crippen MR) is 72.5 cm³/mol. The van der Waals surface area contributed by atoms with Crippen LogP contribution in [0.2, 0.25) is 0 Å². The van der Waals surface area contributed by atoms with E-state index in [0.717, 1.165) is 38.0 Å². The average molecular weight is 251 g/mol. The summed E-state index contributed by atoms with van der Waals surface area (Å²) in [6.07, 6.45) is 2.95. The van der Waals surface area contributed by atoms with E-state index in [1.807, 2.05) is 19.1 Å². The molecule has 1 aromatic rings. The van der Waals surface area contributed by atoms with E-state index in [4.69, 9.17) is 0 Å². The molecule has 0 unspecified atom stereocenters. The van der Waals surface area contributed by atoms with Gasteiger partial charge in [-0.15, -0.1) is 0 Å². The zero-order chi connectivity index (χ0) is 13.1. The minimum Gasteiger partial charge on any atom is -0.368 e. The maximum Gasteiger partial charge on any atom is 0.236 e. The Morgan fingerprint density at radius 3 is 2.50 bits per heavy atom. The first kappa shape index (κ1) is 13.3. The van der Waals surface area contributed by atoms with E-state index in [0.29, 0.717) is 11.7 Å². The van der Waals surface area contributed by atoms with Gasteiger partial charge in [0.25, 0.3) is 0 Å². The SMILES string of the molecule is CCc1ccc(N2CCC(N(C)C)CC2)c(F)n1. The summed E-state index contributed by atoms with van der Waals surface area (Å²) in [6.45, 7) is 3.81.